The van der Waals surface area contributed by atoms with Crippen molar-refractivity contribution in [3.05, 3.63) is 33.1 Å². The molecule has 1 aliphatic rings. The molecule has 9 heteroatoms. The zero-order valence-electron chi connectivity index (χ0n) is 12.2. The van der Waals surface area contributed by atoms with E-state index in [1.807, 2.05) is 0 Å². The van der Waals surface area contributed by atoms with Gasteiger partial charge in [-0.1, -0.05) is 0 Å². The second-order valence-electron chi connectivity index (χ2n) is 5.20. The van der Waals surface area contributed by atoms with Crippen LogP contribution in [0.2, 0.25) is 0 Å². The number of ether oxygens (including phenoxy) is 2. The van der Waals surface area contributed by atoms with Crippen LogP contribution in [-0.2, 0) is 9.47 Å². The van der Waals surface area contributed by atoms with E-state index in [0.717, 1.165) is 4.57 Å². The van der Waals surface area contributed by atoms with E-state index in [0.29, 0.717) is 19.4 Å². The molecule has 2 heterocycles. The van der Waals surface area contributed by atoms with Crippen LogP contribution in [0.25, 0.3) is 0 Å². The van der Waals surface area contributed by atoms with Crippen LogP contribution in [0.1, 0.15) is 19.1 Å². The third-order valence-electron chi connectivity index (χ3n) is 3.73. The highest BCUT2D eigenvalue weighted by Gasteiger charge is 2.48. The van der Waals surface area contributed by atoms with Gasteiger partial charge in [0.1, 0.15) is 18.3 Å². The molecule has 5 N–H and O–H groups in total. The molecule has 0 spiro atoms. The number of nitrogens with zero attached hydrogens (tertiary/aromatic N) is 1. The van der Waals surface area contributed by atoms with Gasteiger partial charge in [0.15, 0.2) is 6.23 Å². The molecule has 1 aliphatic heterocycles. The van der Waals surface area contributed by atoms with Crippen molar-refractivity contribution in [3.8, 4) is 0 Å². The Balaban J connectivity index is 2.25. The summed E-state index contributed by atoms with van der Waals surface area (Å²) in [5.41, 5.74) is 4.19. The van der Waals surface area contributed by atoms with Crippen LogP contribution in [0, 0.1) is 0 Å². The third kappa shape index (κ3) is 3.28. The van der Waals surface area contributed by atoms with E-state index in [1.54, 1.807) is 0 Å². The van der Waals surface area contributed by atoms with E-state index in [1.165, 1.54) is 19.4 Å². The predicted molar refractivity (Wildman–Crippen MR) is 76.3 cm³/mol. The minimum atomic E-state index is -1.11. The first kappa shape index (κ1) is 16.8. The van der Waals surface area contributed by atoms with Crippen LogP contribution in [0.4, 0.5) is 0 Å². The summed E-state index contributed by atoms with van der Waals surface area (Å²) in [6, 6.07) is 1.17. The Morgan fingerprint density at radius 2 is 2.27 bits per heavy atom. The topological polar surface area (TPSA) is 140 Å². The van der Waals surface area contributed by atoms with E-state index in [2.05, 4.69) is 4.98 Å². The SMILES string of the molecule is CO[C@@H]1[C@H](O)[C@@H]([C@@H](O)CCCN)O[C@H]1n1ccc(=O)[nH]c1=O. The minimum Gasteiger partial charge on any atom is -0.390 e. The number of aliphatic hydroxyl groups excluding tert-OH is 2. The highest BCUT2D eigenvalue weighted by atomic mass is 16.6. The standard InChI is InChI=1S/C13H21N3O6/c1-21-11-9(19)10(7(17)3-2-5-14)22-12(11)16-6-4-8(18)15-13(16)20/h4,6-7,9-12,17,19H,2-3,5,14H2,1H3,(H,15,18,20)/t7-,9+,10+,11+,12+/m0/s1. The van der Waals surface area contributed by atoms with Gasteiger partial charge in [-0.15, -0.1) is 0 Å². The van der Waals surface area contributed by atoms with E-state index < -0.39 is 41.9 Å². The number of aromatic amines is 1. The summed E-state index contributed by atoms with van der Waals surface area (Å²) in [5.74, 6) is 0. The Labute approximate surface area is 126 Å². The number of nitrogens with one attached hydrogen (secondary N) is 1. The number of aromatic nitrogens is 2. The molecule has 0 aromatic carbocycles. The van der Waals surface area contributed by atoms with Gasteiger partial charge in [0.25, 0.3) is 5.56 Å². The van der Waals surface area contributed by atoms with Gasteiger partial charge < -0.3 is 25.4 Å². The van der Waals surface area contributed by atoms with Crippen LogP contribution >= 0.6 is 0 Å². The largest absolute Gasteiger partial charge is 0.390 e. The van der Waals surface area contributed by atoms with E-state index >= 15 is 0 Å². The molecule has 1 aromatic rings. The van der Waals surface area contributed by atoms with Crippen LogP contribution < -0.4 is 17.0 Å². The number of rotatable bonds is 6. The van der Waals surface area contributed by atoms with Gasteiger partial charge in [-0.2, -0.15) is 0 Å². The van der Waals surface area contributed by atoms with Crippen molar-refractivity contribution in [2.45, 2.75) is 43.5 Å². The van der Waals surface area contributed by atoms with Crippen LogP contribution in [0.5, 0.6) is 0 Å². The molecule has 1 fully saturated rings. The molecule has 1 aromatic heterocycles. The summed E-state index contributed by atoms with van der Waals surface area (Å²) < 4.78 is 11.9. The lowest BCUT2D eigenvalue weighted by atomic mass is 10.0. The van der Waals surface area contributed by atoms with Crippen molar-refractivity contribution >= 4 is 0 Å². The zero-order chi connectivity index (χ0) is 16.3. The number of hydrogen-bond donors (Lipinski definition) is 4. The Hall–Kier alpha value is -1.52. The monoisotopic (exact) mass is 315 g/mol. The van der Waals surface area contributed by atoms with E-state index in [-0.39, 0.29) is 0 Å². The Kier molecular flexibility index (Phi) is 5.48. The lowest BCUT2D eigenvalue weighted by Gasteiger charge is -2.21. The Morgan fingerprint density at radius 3 is 2.86 bits per heavy atom. The molecular formula is C13H21N3O6. The predicted octanol–water partition coefficient (Wildman–Crippen LogP) is -2.09. The number of H-pyrrole nitrogens is 1. The van der Waals surface area contributed by atoms with Gasteiger partial charge in [0.05, 0.1) is 6.10 Å². The van der Waals surface area contributed by atoms with Gasteiger partial charge in [-0.05, 0) is 19.4 Å². The highest BCUT2D eigenvalue weighted by Crippen LogP contribution is 2.32. The first-order valence-electron chi connectivity index (χ1n) is 7.05. The molecule has 0 bridgehead atoms. The van der Waals surface area contributed by atoms with Crippen molar-refractivity contribution < 1.29 is 19.7 Å². The van der Waals surface area contributed by atoms with Crippen LogP contribution in [0.15, 0.2) is 21.9 Å². The maximum atomic E-state index is 11.9. The second kappa shape index (κ2) is 7.16. The lowest BCUT2D eigenvalue weighted by Crippen LogP contribution is -2.40. The molecule has 0 unspecified atom stereocenters. The summed E-state index contributed by atoms with van der Waals surface area (Å²) >= 11 is 0. The molecular weight excluding hydrogens is 294 g/mol. The highest BCUT2D eigenvalue weighted by molar-refractivity contribution is 4.96. The summed E-state index contributed by atoms with van der Waals surface area (Å²) in [6.07, 6.45) is -2.53. The number of hydrogen-bond acceptors (Lipinski definition) is 7. The third-order valence-corrected chi connectivity index (χ3v) is 3.73. The smallest absolute Gasteiger partial charge is 0.330 e. The van der Waals surface area contributed by atoms with Gasteiger partial charge in [-0.25, -0.2) is 4.79 Å². The molecule has 22 heavy (non-hydrogen) atoms. The van der Waals surface area contributed by atoms with Crippen molar-refractivity contribution in [1.82, 2.24) is 9.55 Å². The lowest BCUT2D eigenvalue weighted by molar-refractivity contribution is -0.0894. The van der Waals surface area contributed by atoms with Crippen molar-refractivity contribution in [2.24, 2.45) is 5.73 Å². The van der Waals surface area contributed by atoms with Gasteiger partial charge in [-0.3, -0.25) is 14.3 Å². The maximum absolute atomic E-state index is 11.9. The average molecular weight is 315 g/mol. The Morgan fingerprint density at radius 1 is 1.55 bits per heavy atom. The molecule has 0 amide bonds. The fourth-order valence-electron chi connectivity index (χ4n) is 2.59. The van der Waals surface area contributed by atoms with Crippen molar-refractivity contribution in [3.63, 3.8) is 0 Å². The molecule has 1 saturated heterocycles. The maximum Gasteiger partial charge on any atom is 0.330 e. The second-order valence-corrected chi connectivity index (χ2v) is 5.20. The zero-order valence-corrected chi connectivity index (χ0v) is 12.2. The first-order chi connectivity index (χ1) is 10.5. The molecule has 5 atom stereocenters. The van der Waals surface area contributed by atoms with Crippen LogP contribution in [0.3, 0.4) is 0 Å². The molecule has 0 radical (unpaired) electrons. The summed E-state index contributed by atoms with van der Waals surface area (Å²) in [7, 11) is 1.37. The summed E-state index contributed by atoms with van der Waals surface area (Å²) in [6.45, 7) is 0.413. The van der Waals surface area contributed by atoms with Crippen molar-refractivity contribution in [1.29, 1.82) is 0 Å². The van der Waals surface area contributed by atoms with Gasteiger partial charge in [0.2, 0.25) is 0 Å². The summed E-state index contributed by atoms with van der Waals surface area (Å²) in [5, 5.41) is 20.4. The van der Waals surface area contributed by atoms with E-state index in [9.17, 15) is 19.8 Å². The van der Waals surface area contributed by atoms with Gasteiger partial charge in [0, 0.05) is 19.4 Å². The van der Waals surface area contributed by atoms with Crippen LogP contribution in [-0.4, -0.2) is 57.8 Å². The average Bonchev–Trinajstić information content (AvgIpc) is 2.81. The normalized spacial score (nSPS) is 29.6. The number of methoxy groups -OCH3 is 1. The number of nitrogens with two attached hydrogens (primary N) is 1. The quantitative estimate of drug-likeness (QED) is 0.472. The fourth-order valence-corrected chi connectivity index (χ4v) is 2.59. The molecule has 0 saturated carbocycles. The first-order valence-corrected chi connectivity index (χ1v) is 7.05. The van der Waals surface area contributed by atoms with Gasteiger partial charge >= 0.3 is 5.69 Å². The molecule has 0 aliphatic carbocycles. The molecule has 2 rings (SSSR count). The minimum absolute atomic E-state index is 0.363. The van der Waals surface area contributed by atoms with E-state index in [4.69, 9.17) is 15.2 Å². The summed E-state index contributed by atoms with van der Waals surface area (Å²) in [4.78, 5) is 25.1. The van der Waals surface area contributed by atoms with Crippen molar-refractivity contribution in [2.75, 3.05) is 13.7 Å². The Bertz CT molecular complexity index is 600. The number of aliphatic hydroxyl groups is 2. The fraction of sp³-hybridized carbons (Fsp3) is 0.692. The molecule has 9 nitrogen and oxygen atoms in total. The molecule has 124 valence electrons.